The SMILES string of the molecule is Nc1cccc2c1CN(C(=O)COCC(F)(F)F)CC2. The maximum atomic E-state index is 11.9. The number of nitrogen functional groups attached to an aromatic ring is 1. The molecule has 20 heavy (non-hydrogen) atoms. The molecule has 0 fully saturated rings. The normalized spacial score (nSPS) is 15.1. The molecule has 4 nitrogen and oxygen atoms in total. The number of hydrogen-bond donors (Lipinski definition) is 1. The molecule has 7 heteroatoms. The highest BCUT2D eigenvalue weighted by Gasteiger charge is 2.29. The number of amides is 1. The van der Waals surface area contributed by atoms with Crippen LogP contribution in [0.5, 0.6) is 0 Å². The van der Waals surface area contributed by atoms with Crippen molar-refractivity contribution in [1.29, 1.82) is 0 Å². The molecule has 0 radical (unpaired) electrons. The van der Waals surface area contributed by atoms with Crippen LogP contribution in [-0.4, -0.2) is 36.7 Å². The van der Waals surface area contributed by atoms with Gasteiger partial charge in [-0.15, -0.1) is 0 Å². The third kappa shape index (κ3) is 3.63. The van der Waals surface area contributed by atoms with Crippen LogP contribution in [0.25, 0.3) is 0 Å². The summed E-state index contributed by atoms with van der Waals surface area (Å²) < 4.78 is 40.2. The summed E-state index contributed by atoms with van der Waals surface area (Å²) in [5.41, 5.74) is 8.37. The number of rotatable bonds is 3. The molecule has 0 spiro atoms. The molecule has 2 rings (SSSR count). The molecule has 0 aromatic heterocycles. The van der Waals surface area contributed by atoms with Crippen LogP contribution in [-0.2, 0) is 22.5 Å². The summed E-state index contributed by atoms with van der Waals surface area (Å²) in [6, 6.07) is 5.53. The van der Waals surface area contributed by atoms with Gasteiger partial charge in [0.15, 0.2) is 0 Å². The van der Waals surface area contributed by atoms with E-state index in [0.717, 1.165) is 11.1 Å². The van der Waals surface area contributed by atoms with Crippen LogP contribution in [0.1, 0.15) is 11.1 Å². The Morgan fingerprint density at radius 2 is 2.15 bits per heavy atom. The van der Waals surface area contributed by atoms with Crippen LogP contribution < -0.4 is 5.73 Å². The van der Waals surface area contributed by atoms with E-state index in [9.17, 15) is 18.0 Å². The topological polar surface area (TPSA) is 55.6 Å². The van der Waals surface area contributed by atoms with E-state index >= 15 is 0 Å². The average Bonchev–Trinajstić information content (AvgIpc) is 2.37. The van der Waals surface area contributed by atoms with Gasteiger partial charge in [-0.2, -0.15) is 13.2 Å². The van der Waals surface area contributed by atoms with Crippen molar-refractivity contribution in [2.75, 3.05) is 25.5 Å². The fraction of sp³-hybridized carbons (Fsp3) is 0.462. The van der Waals surface area contributed by atoms with E-state index in [2.05, 4.69) is 4.74 Å². The molecular weight excluding hydrogens is 273 g/mol. The van der Waals surface area contributed by atoms with Crippen molar-refractivity contribution in [3.05, 3.63) is 29.3 Å². The summed E-state index contributed by atoms with van der Waals surface area (Å²) in [7, 11) is 0. The highest BCUT2D eigenvalue weighted by Crippen LogP contribution is 2.24. The third-order valence-corrected chi connectivity index (χ3v) is 3.15. The van der Waals surface area contributed by atoms with Crippen LogP contribution in [0.15, 0.2) is 18.2 Å². The molecule has 2 N–H and O–H groups in total. The van der Waals surface area contributed by atoms with Gasteiger partial charge in [0.2, 0.25) is 5.91 Å². The Morgan fingerprint density at radius 3 is 2.85 bits per heavy atom. The van der Waals surface area contributed by atoms with E-state index < -0.39 is 25.3 Å². The van der Waals surface area contributed by atoms with Gasteiger partial charge in [-0.05, 0) is 23.6 Å². The van der Waals surface area contributed by atoms with Gasteiger partial charge in [0, 0.05) is 18.8 Å². The van der Waals surface area contributed by atoms with Crippen molar-refractivity contribution in [2.24, 2.45) is 0 Å². The fourth-order valence-electron chi connectivity index (χ4n) is 2.17. The Kier molecular flexibility index (Phi) is 4.17. The number of nitrogens with two attached hydrogens (primary N) is 1. The minimum atomic E-state index is -4.42. The third-order valence-electron chi connectivity index (χ3n) is 3.15. The molecule has 1 aromatic rings. The first-order valence-corrected chi connectivity index (χ1v) is 6.15. The van der Waals surface area contributed by atoms with E-state index in [1.807, 2.05) is 12.1 Å². The highest BCUT2D eigenvalue weighted by atomic mass is 19.4. The van der Waals surface area contributed by atoms with Gasteiger partial charge >= 0.3 is 6.18 Å². The molecule has 1 aliphatic rings. The number of carbonyl (C=O) groups is 1. The summed E-state index contributed by atoms with van der Waals surface area (Å²) in [6.45, 7) is -1.20. The standard InChI is InChI=1S/C13H15F3N2O2/c14-13(15,16)8-20-7-12(19)18-5-4-9-2-1-3-11(17)10(9)6-18/h1-3H,4-8,17H2. The number of nitrogens with zero attached hydrogens (tertiary/aromatic N) is 1. The van der Waals surface area contributed by atoms with E-state index in [4.69, 9.17) is 5.73 Å². The van der Waals surface area contributed by atoms with Gasteiger partial charge in [0.1, 0.15) is 13.2 Å². The Labute approximate surface area is 114 Å². The lowest BCUT2D eigenvalue weighted by Gasteiger charge is -2.29. The molecular formula is C13H15F3N2O2. The van der Waals surface area contributed by atoms with Crippen LogP contribution in [0.3, 0.4) is 0 Å². The second-order valence-electron chi connectivity index (χ2n) is 4.66. The van der Waals surface area contributed by atoms with Crippen molar-refractivity contribution in [1.82, 2.24) is 4.90 Å². The lowest BCUT2D eigenvalue weighted by atomic mass is 9.98. The molecule has 0 unspecified atom stereocenters. The Hall–Kier alpha value is -1.76. The number of alkyl halides is 3. The molecule has 0 aliphatic carbocycles. The van der Waals surface area contributed by atoms with Crippen LogP contribution in [0, 0.1) is 0 Å². The fourth-order valence-corrected chi connectivity index (χ4v) is 2.17. The van der Waals surface area contributed by atoms with Gasteiger partial charge in [-0.1, -0.05) is 12.1 Å². The first kappa shape index (κ1) is 14.6. The van der Waals surface area contributed by atoms with Gasteiger partial charge in [-0.25, -0.2) is 0 Å². The van der Waals surface area contributed by atoms with E-state index in [1.165, 1.54) is 4.90 Å². The maximum Gasteiger partial charge on any atom is 0.411 e. The van der Waals surface area contributed by atoms with Crippen LogP contribution in [0.4, 0.5) is 18.9 Å². The average molecular weight is 288 g/mol. The summed E-state index contributed by atoms with van der Waals surface area (Å²) in [5.74, 6) is -0.455. The summed E-state index contributed by atoms with van der Waals surface area (Å²) >= 11 is 0. The van der Waals surface area contributed by atoms with Gasteiger partial charge < -0.3 is 15.4 Å². The lowest BCUT2D eigenvalue weighted by Crippen LogP contribution is -2.39. The second-order valence-corrected chi connectivity index (χ2v) is 4.66. The predicted molar refractivity (Wildman–Crippen MR) is 66.8 cm³/mol. The molecule has 1 heterocycles. The van der Waals surface area contributed by atoms with E-state index in [0.29, 0.717) is 25.2 Å². The van der Waals surface area contributed by atoms with Crippen molar-refractivity contribution < 1.29 is 22.7 Å². The quantitative estimate of drug-likeness (QED) is 0.862. The molecule has 0 saturated heterocycles. The zero-order valence-electron chi connectivity index (χ0n) is 10.7. The monoisotopic (exact) mass is 288 g/mol. The summed E-state index contributed by atoms with van der Waals surface area (Å²) in [4.78, 5) is 13.3. The van der Waals surface area contributed by atoms with Crippen LogP contribution in [0.2, 0.25) is 0 Å². The molecule has 110 valence electrons. The smallest absolute Gasteiger partial charge is 0.398 e. The predicted octanol–water partition coefficient (Wildman–Crippen LogP) is 1.73. The van der Waals surface area contributed by atoms with Crippen LogP contribution >= 0.6 is 0 Å². The Balaban J connectivity index is 1.92. The van der Waals surface area contributed by atoms with Gasteiger partial charge in [-0.3, -0.25) is 4.79 Å². The van der Waals surface area contributed by atoms with Crippen molar-refractivity contribution >= 4 is 11.6 Å². The number of ether oxygens (including phenoxy) is 1. The van der Waals surface area contributed by atoms with Crippen molar-refractivity contribution in [3.8, 4) is 0 Å². The number of anilines is 1. The van der Waals surface area contributed by atoms with Gasteiger partial charge in [0.05, 0.1) is 0 Å². The van der Waals surface area contributed by atoms with Gasteiger partial charge in [0.25, 0.3) is 0 Å². The molecule has 1 aliphatic heterocycles. The Morgan fingerprint density at radius 1 is 1.40 bits per heavy atom. The largest absolute Gasteiger partial charge is 0.411 e. The van der Waals surface area contributed by atoms with Crippen molar-refractivity contribution in [3.63, 3.8) is 0 Å². The number of benzene rings is 1. The summed E-state index contributed by atoms with van der Waals surface area (Å²) in [5, 5.41) is 0. The number of fused-ring (bicyclic) bond motifs is 1. The number of halogens is 3. The molecule has 1 amide bonds. The molecule has 0 atom stereocenters. The second kappa shape index (κ2) is 5.70. The molecule has 0 saturated carbocycles. The number of hydrogen-bond acceptors (Lipinski definition) is 3. The first-order chi connectivity index (χ1) is 9.37. The Bertz CT molecular complexity index is 503. The zero-order valence-corrected chi connectivity index (χ0v) is 10.7. The van der Waals surface area contributed by atoms with E-state index in [1.54, 1.807) is 6.07 Å². The lowest BCUT2D eigenvalue weighted by molar-refractivity contribution is -0.178. The highest BCUT2D eigenvalue weighted by molar-refractivity contribution is 5.78. The molecule has 0 bridgehead atoms. The summed E-state index contributed by atoms with van der Waals surface area (Å²) in [6.07, 6.45) is -3.77. The number of carbonyl (C=O) groups excluding carboxylic acids is 1. The van der Waals surface area contributed by atoms with E-state index in [-0.39, 0.29) is 0 Å². The van der Waals surface area contributed by atoms with Crippen molar-refractivity contribution in [2.45, 2.75) is 19.1 Å². The minimum absolute atomic E-state index is 0.316. The maximum absolute atomic E-state index is 11.9. The zero-order chi connectivity index (χ0) is 14.8. The minimum Gasteiger partial charge on any atom is -0.398 e. The first-order valence-electron chi connectivity index (χ1n) is 6.15. The molecule has 1 aromatic carbocycles.